The molecule has 2 amide bonds. The lowest BCUT2D eigenvalue weighted by molar-refractivity contribution is 0.0697. The number of nitrogens with zero attached hydrogens (tertiary/aromatic N) is 1. The quantitative estimate of drug-likeness (QED) is 0.807. The molecule has 8 heteroatoms. The first kappa shape index (κ1) is 13.9. The molecule has 6 nitrogen and oxygen atoms in total. The van der Waals surface area contributed by atoms with Crippen LogP contribution in [0.1, 0.15) is 16.1 Å². The minimum atomic E-state index is -1.32. The van der Waals surface area contributed by atoms with Gasteiger partial charge >= 0.3 is 12.0 Å². The number of nitrogens with one attached hydrogen (secondary N) is 2. The van der Waals surface area contributed by atoms with Crippen LogP contribution in [-0.2, 0) is 6.54 Å². The SMILES string of the molecule is O=C(NCc1cscn1)Nc1ccc(F)cc1C(=O)O. The number of aromatic nitrogens is 1. The molecule has 0 unspecified atom stereocenters. The highest BCUT2D eigenvalue weighted by Crippen LogP contribution is 2.17. The van der Waals surface area contributed by atoms with Crippen molar-refractivity contribution >= 4 is 29.0 Å². The van der Waals surface area contributed by atoms with Crippen LogP contribution in [0.15, 0.2) is 29.1 Å². The van der Waals surface area contributed by atoms with E-state index in [2.05, 4.69) is 15.6 Å². The van der Waals surface area contributed by atoms with Crippen LogP contribution in [0.5, 0.6) is 0 Å². The summed E-state index contributed by atoms with van der Waals surface area (Å²) in [6.07, 6.45) is 0. The minimum absolute atomic E-state index is 0.0228. The molecule has 2 rings (SSSR count). The van der Waals surface area contributed by atoms with E-state index in [4.69, 9.17) is 5.11 Å². The van der Waals surface area contributed by atoms with Crippen LogP contribution in [0.2, 0.25) is 0 Å². The van der Waals surface area contributed by atoms with Crippen LogP contribution >= 0.6 is 11.3 Å². The van der Waals surface area contributed by atoms with Crippen molar-refractivity contribution in [2.24, 2.45) is 0 Å². The number of rotatable bonds is 4. The number of carboxylic acid groups (broad SMARTS) is 1. The molecular formula is C12H10FN3O3S. The molecule has 2 aromatic rings. The maximum atomic E-state index is 13.0. The highest BCUT2D eigenvalue weighted by atomic mass is 32.1. The number of thiazole rings is 1. The summed E-state index contributed by atoms with van der Waals surface area (Å²) in [6.45, 7) is 0.221. The zero-order valence-corrected chi connectivity index (χ0v) is 10.9. The average molecular weight is 295 g/mol. The average Bonchev–Trinajstić information content (AvgIpc) is 2.91. The van der Waals surface area contributed by atoms with E-state index in [0.29, 0.717) is 5.69 Å². The minimum Gasteiger partial charge on any atom is -0.478 e. The second-order valence-corrected chi connectivity index (χ2v) is 4.50. The summed E-state index contributed by atoms with van der Waals surface area (Å²) in [4.78, 5) is 26.6. The Morgan fingerprint density at radius 1 is 1.40 bits per heavy atom. The van der Waals surface area contributed by atoms with Crippen LogP contribution < -0.4 is 10.6 Å². The Kier molecular flexibility index (Phi) is 4.26. The maximum absolute atomic E-state index is 13.0. The van der Waals surface area contributed by atoms with E-state index in [-0.39, 0.29) is 17.8 Å². The van der Waals surface area contributed by atoms with Gasteiger partial charge in [0.25, 0.3) is 0 Å². The van der Waals surface area contributed by atoms with E-state index in [1.54, 1.807) is 10.9 Å². The Morgan fingerprint density at radius 2 is 2.20 bits per heavy atom. The number of amides is 2. The highest BCUT2D eigenvalue weighted by molar-refractivity contribution is 7.07. The van der Waals surface area contributed by atoms with Crippen LogP contribution in [0.25, 0.3) is 0 Å². The maximum Gasteiger partial charge on any atom is 0.337 e. The molecule has 0 bridgehead atoms. The Labute approximate surface area is 117 Å². The molecule has 20 heavy (non-hydrogen) atoms. The third-order valence-electron chi connectivity index (χ3n) is 2.37. The number of anilines is 1. The molecular weight excluding hydrogens is 285 g/mol. The molecule has 1 aromatic heterocycles. The lowest BCUT2D eigenvalue weighted by atomic mass is 10.2. The van der Waals surface area contributed by atoms with E-state index < -0.39 is 17.8 Å². The molecule has 104 valence electrons. The number of hydrogen-bond donors (Lipinski definition) is 3. The molecule has 0 atom stereocenters. The van der Waals surface area contributed by atoms with Crippen molar-refractivity contribution in [3.63, 3.8) is 0 Å². The summed E-state index contributed by atoms with van der Waals surface area (Å²) >= 11 is 1.40. The van der Waals surface area contributed by atoms with Gasteiger partial charge in [-0.05, 0) is 18.2 Å². The normalized spacial score (nSPS) is 10.1. The van der Waals surface area contributed by atoms with Crippen LogP contribution in [0.4, 0.5) is 14.9 Å². The van der Waals surface area contributed by atoms with Crippen molar-refractivity contribution < 1.29 is 19.1 Å². The first-order chi connectivity index (χ1) is 9.56. The molecule has 1 heterocycles. The number of benzene rings is 1. The van der Waals surface area contributed by atoms with Crippen molar-refractivity contribution in [2.75, 3.05) is 5.32 Å². The molecule has 0 radical (unpaired) electrons. The third kappa shape index (κ3) is 3.51. The van der Waals surface area contributed by atoms with Gasteiger partial charge in [0, 0.05) is 5.38 Å². The first-order valence-electron chi connectivity index (χ1n) is 5.51. The van der Waals surface area contributed by atoms with Crippen molar-refractivity contribution in [1.82, 2.24) is 10.3 Å². The summed E-state index contributed by atoms with van der Waals surface area (Å²) in [5.41, 5.74) is 2.04. The van der Waals surface area contributed by atoms with Crippen LogP contribution in [-0.4, -0.2) is 22.1 Å². The highest BCUT2D eigenvalue weighted by Gasteiger charge is 2.13. The number of urea groups is 1. The molecule has 0 fully saturated rings. The van der Waals surface area contributed by atoms with Crippen molar-refractivity contribution in [1.29, 1.82) is 0 Å². The van der Waals surface area contributed by atoms with Gasteiger partial charge in [0.05, 0.1) is 29.0 Å². The van der Waals surface area contributed by atoms with Gasteiger partial charge in [-0.2, -0.15) is 0 Å². The summed E-state index contributed by atoms with van der Waals surface area (Å²) in [7, 11) is 0. The largest absolute Gasteiger partial charge is 0.478 e. The number of halogens is 1. The Bertz CT molecular complexity index is 631. The molecule has 0 spiro atoms. The predicted molar refractivity (Wildman–Crippen MR) is 71.3 cm³/mol. The molecule has 1 aromatic carbocycles. The molecule has 3 N–H and O–H groups in total. The molecule has 0 saturated heterocycles. The van der Waals surface area contributed by atoms with Gasteiger partial charge < -0.3 is 15.7 Å². The lowest BCUT2D eigenvalue weighted by Crippen LogP contribution is -2.29. The van der Waals surface area contributed by atoms with Crippen LogP contribution in [0, 0.1) is 5.82 Å². The molecule has 0 aliphatic rings. The van der Waals surface area contributed by atoms with Gasteiger partial charge in [-0.1, -0.05) is 0 Å². The zero-order chi connectivity index (χ0) is 14.5. The summed E-state index contributed by atoms with van der Waals surface area (Å²) in [5, 5.41) is 15.6. The van der Waals surface area contributed by atoms with E-state index in [1.807, 2.05) is 0 Å². The smallest absolute Gasteiger partial charge is 0.337 e. The zero-order valence-electron chi connectivity index (χ0n) is 10.1. The fraction of sp³-hybridized carbons (Fsp3) is 0.0833. The molecule has 0 aliphatic heterocycles. The second-order valence-electron chi connectivity index (χ2n) is 3.78. The van der Waals surface area contributed by atoms with Gasteiger partial charge in [0.1, 0.15) is 5.82 Å². The first-order valence-corrected chi connectivity index (χ1v) is 6.45. The Balaban J connectivity index is 2.02. The number of carbonyl (C=O) groups is 2. The van der Waals surface area contributed by atoms with E-state index in [0.717, 1.165) is 12.1 Å². The van der Waals surface area contributed by atoms with Gasteiger partial charge in [-0.25, -0.2) is 19.0 Å². The summed E-state index contributed by atoms with van der Waals surface area (Å²) in [5.74, 6) is -2.00. The monoisotopic (exact) mass is 295 g/mol. The Hall–Kier alpha value is -2.48. The van der Waals surface area contributed by atoms with E-state index in [9.17, 15) is 14.0 Å². The van der Waals surface area contributed by atoms with Gasteiger partial charge in [-0.15, -0.1) is 11.3 Å². The van der Waals surface area contributed by atoms with E-state index in [1.165, 1.54) is 17.4 Å². The fourth-order valence-corrected chi connectivity index (χ4v) is 2.02. The number of carbonyl (C=O) groups excluding carboxylic acids is 1. The van der Waals surface area contributed by atoms with E-state index >= 15 is 0 Å². The van der Waals surface area contributed by atoms with Crippen LogP contribution in [0.3, 0.4) is 0 Å². The summed E-state index contributed by atoms with van der Waals surface area (Å²) < 4.78 is 13.0. The number of carboxylic acids is 1. The van der Waals surface area contributed by atoms with Crippen molar-refractivity contribution in [2.45, 2.75) is 6.54 Å². The summed E-state index contributed by atoms with van der Waals surface area (Å²) in [6, 6.07) is 2.52. The van der Waals surface area contributed by atoms with Gasteiger partial charge in [-0.3, -0.25) is 0 Å². The Morgan fingerprint density at radius 3 is 2.85 bits per heavy atom. The van der Waals surface area contributed by atoms with Crippen molar-refractivity contribution in [3.05, 3.63) is 46.2 Å². The number of hydrogen-bond acceptors (Lipinski definition) is 4. The third-order valence-corrected chi connectivity index (χ3v) is 3.01. The standard InChI is InChI=1S/C12H10FN3O3S/c13-7-1-2-10(9(3-7)11(17)18)16-12(19)14-4-8-5-20-6-15-8/h1-3,5-6H,4H2,(H,17,18)(H2,14,16,19). The van der Waals surface area contributed by atoms with Gasteiger partial charge in [0.15, 0.2) is 0 Å². The van der Waals surface area contributed by atoms with Crippen molar-refractivity contribution in [3.8, 4) is 0 Å². The second kappa shape index (κ2) is 6.11. The number of aromatic carboxylic acids is 1. The fourth-order valence-electron chi connectivity index (χ4n) is 1.46. The van der Waals surface area contributed by atoms with Gasteiger partial charge in [0.2, 0.25) is 0 Å². The molecule has 0 aliphatic carbocycles. The molecule has 0 saturated carbocycles. The lowest BCUT2D eigenvalue weighted by Gasteiger charge is -2.09. The predicted octanol–water partition coefficient (Wildman–Crippen LogP) is 2.30. The topological polar surface area (TPSA) is 91.3 Å².